The summed E-state index contributed by atoms with van der Waals surface area (Å²) in [5.41, 5.74) is 0.526. The normalized spacial score (nSPS) is 50.5. The predicted molar refractivity (Wildman–Crippen MR) is 74.2 cm³/mol. The molecule has 18 heavy (non-hydrogen) atoms. The zero-order chi connectivity index (χ0) is 11.5. The lowest BCUT2D eigenvalue weighted by atomic mass is 9.82. The van der Waals surface area contributed by atoms with E-state index in [-0.39, 0.29) is 12.4 Å². The largest absolute Gasteiger partial charge is 0.374 e. The molecule has 0 aromatic carbocycles. The highest BCUT2D eigenvalue weighted by molar-refractivity contribution is 5.85. The Bertz CT molecular complexity index is 301. The first-order chi connectivity index (χ1) is 8.23. The van der Waals surface area contributed by atoms with Crippen molar-refractivity contribution in [2.75, 3.05) is 32.7 Å². The Morgan fingerprint density at radius 3 is 2.44 bits per heavy atom. The lowest BCUT2D eigenvalue weighted by Crippen LogP contribution is -2.37. The van der Waals surface area contributed by atoms with Crippen LogP contribution >= 0.6 is 12.4 Å². The van der Waals surface area contributed by atoms with Crippen molar-refractivity contribution >= 4 is 12.4 Å². The molecule has 104 valence electrons. The molecule has 2 bridgehead atoms. The number of fused-ring (bicyclic) bond motifs is 5. The van der Waals surface area contributed by atoms with Crippen LogP contribution in [0.5, 0.6) is 0 Å². The van der Waals surface area contributed by atoms with Gasteiger partial charge in [-0.25, -0.2) is 0 Å². The van der Waals surface area contributed by atoms with Crippen molar-refractivity contribution in [1.82, 2.24) is 10.2 Å². The van der Waals surface area contributed by atoms with Crippen LogP contribution in [0, 0.1) is 17.3 Å². The molecule has 0 saturated carbocycles. The third kappa shape index (κ3) is 2.00. The number of rotatable bonds is 2. The van der Waals surface area contributed by atoms with Crippen molar-refractivity contribution in [3.63, 3.8) is 0 Å². The Kier molecular flexibility index (Phi) is 3.38. The summed E-state index contributed by atoms with van der Waals surface area (Å²) in [4.78, 5) is 2.73. The molecular weight excluding hydrogens is 248 g/mol. The van der Waals surface area contributed by atoms with Crippen molar-refractivity contribution in [1.29, 1.82) is 0 Å². The Labute approximate surface area is 116 Å². The van der Waals surface area contributed by atoms with Crippen LogP contribution in [-0.2, 0) is 4.74 Å². The second-order valence-corrected chi connectivity index (χ2v) is 7.05. The summed E-state index contributed by atoms with van der Waals surface area (Å²) in [6.45, 7) is 8.79. The van der Waals surface area contributed by atoms with Gasteiger partial charge < -0.3 is 15.0 Å². The highest BCUT2D eigenvalue weighted by Gasteiger charge is 2.53. The molecule has 1 N–H and O–H groups in total. The fraction of sp³-hybridized carbons (Fsp3) is 1.00. The molecule has 5 unspecified atom stereocenters. The van der Waals surface area contributed by atoms with Crippen LogP contribution < -0.4 is 5.32 Å². The molecule has 4 rings (SSSR count). The number of likely N-dealkylation sites (tertiary alicyclic amines) is 1. The van der Waals surface area contributed by atoms with Crippen molar-refractivity contribution in [3.05, 3.63) is 0 Å². The highest BCUT2D eigenvalue weighted by Crippen LogP contribution is 2.47. The topological polar surface area (TPSA) is 24.5 Å². The van der Waals surface area contributed by atoms with Gasteiger partial charge in [-0.1, -0.05) is 6.92 Å². The smallest absolute Gasteiger partial charge is 0.0624 e. The average molecular weight is 273 g/mol. The quantitative estimate of drug-likeness (QED) is 0.825. The number of ether oxygens (including phenoxy) is 1. The first kappa shape index (κ1) is 13.2. The predicted octanol–water partition coefficient (Wildman–Crippen LogP) is 1.52. The van der Waals surface area contributed by atoms with Gasteiger partial charge in [-0.2, -0.15) is 0 Å². The van der Waals surface area contributed by atoms with Gasteiger partial charge in [-0.3, -0.25) is 0 Å². The van der Waals surface area contributed by atoms with E-state index < -0.39 is 0 Å². The Hall–Kier alpha value is 0.170. The summed E-state index contributed by atoms with van der Waals surface area (Å²) in [5.74, 6) is 1.73. The van der Waals surface area contributed by atoms with E-state index in [0.717, 1.165) is 11.8 Å². The van der Waals surface area contributed by atoms with E-state index in [1.165, 1.54) is 52.0 Å². The number of nitrogens with one attached hydrogen (secondary N) is 1. The maximum atomic E-state index is 6.04. The maximum Gasteiger partial charge on any atom is 0.0624 e. The zero-order valence-corrected chi connectivity index (χ0v) is 12.0. The Morgan fingerprint density at radius 1 is 1.22 bits per heavy atom. The molecule has 3 nitrogen and oxygen atoms in total. The van der Waals surface area contributed by atoms with E-state index >= 15 is 0 Å². The summed E-state index contributed by atoms with van der Waals surface area (Å²) in [5, 5.41) is 3.52. The molecule has 5 atom stereocenters. The Morgan fingerprint density at radius 2 is 1.89 bits per heavy atom. The molecule has 0 aliphatic carbocycles. The lowest BCUT2D eigenvalue weighted by Gasteiger charge is -2.29. The van der Waals surface area contributed by atoms with E-state index in [1.54, 1.807) is 0 Å². The first-order valence-corrected chi connectivity index (χ1v) is 7.32. The minimum absolute atomic E-state index is 0. The van der Waals surface area contributed by atoms with Gasteiger partial charge in [-0.15, -0.1) is 12.4 Å². The summed E-state index contributed by atoms with van der Waals surface area (Å²) in [6, 6.07) is 0. The van der Waals surface area contributed by atoms with Crippen LogP contribution in [0.25, 0.3) is 0 Å². The zero-order valence-electron chi connectivity index (χ0n) is 11.2. The lowest BCUT2D eigenvalue weighted by molar-refractivity contribution is 0.0650. The van der Waals surface area contributed by atoms with Crippen molar-refractivity contribution in [3.8, 4) is 0 Å². The second kappa shape index (κ2) is 4.62. The van der Waals surface area contributed by atoms with Gasteiger partial charge in [0.05, 0.1) is 12.2 Å². The number of halogens is 1. The van der Waals surface area contributed by atoms with E-state index in [0.29, 0.717) is 17.6 Å². The molecule has 0 aromatic heterocycles. The molecule has 4 aliphatic rings. The summed E-state index contributed by atoms with van der Waals surface area (Å²) in [7, 11) is 0. The van der Waals surface area contributed by atoms with Gasteiger partial charge in [0.25, 0.3) is 0 Å². The van der Waals surface area contributed by atoms with Crippen LogP contribution in [-0.4, -0.2) is 49.8 Å². The first-order valence-electron chi connectivity index (χ1n) is 7.32. The second-order valence-electron chi connectivity index (χ2n) is 7.05. The van der Waals surface area contributed by atoms with Crippen LogP contribution in [0.15, 0.2) is 0 Å². The van der Waals surface area contributed by atoms with Gasteiger partial charge in [0.1, 0.15) is 0 Å². The fourth-order valence-electron chi connectivity index (χ4n) is 4.72. The molecular formula is C14H25ClN2O. The fourth-order valence-corrected chi connectivity index (χ4v) is 4.72. The molecule has 4 saturated heterocycles. The molecule has 4 aliphatic heterocycles. The Balaban J connectivity index is 0.000001000. The summed E-state index contributed by atoms with van der Waals surface area (Å²) >= 11 is 0. The van der Waals surface area contributed by atoms with E-state index in [4.69, 9.17) is 4.74 Å². The van der Waals surface area contributed by atoms with Crippen molar-refractivity contribution in [2.45, 2.75) is 38.4 Å². The van der Waals surface area contributed by atoms with Crippen molar-refractivity contribution in [2.24, 2.45) is 17.3 Å². The van der Waals surface area contributed by atoms with Crippen LogP contribution in [0.1, 0.15) is 26.2 Å². The summed E-state index contributed by atoms with van der Waals surface area (Å²) < 4.78 is 6.04. The van der Waals surface area contributed by atoms with Gasteiger partial charge in [-0.05, 0) is 31.2 Å². The molecule has 0 radical (unpaired) electrons. The van der Waals surface area contributed by atoms with Crippen LogP contribution in [0.3, 0.4) is 0 Å². The molecule has 4 fully saturated rings. The number of hydrogen-bond acceptors (Lipinski definition) is 3. The highest BCUT2D eigenvalue weighted by atomic mass is 35.5. The van der Waals surface area contributed by atoms with Crippen LogP contribution in [0.2, 0.25) is 0 Å². The maximum absolute atomic E-state index is 6.04. The van der Waals surface area contributed by atoms with Gasteiger partial charge in [0, 0.05) is 38.0 Å². The van der Waals surface area contributed by atoms with Gasteiger partial charge in [0.2, 0.25) is 0 Å². The molecule has 4 heterocycles. The molecule has 0 amide bonds. The third-order valence-corrected chi connectivity index (χ3v) is 5.59. The summed E-state index contributed by atoms with van der Waals surface area (Å²) in [6.07, 6.45) is 5.24. The van der Waals surface area contributed by atoms with E-state index in [2.05, 4.69) is 17.1 Å². The minimum atomic E-state index is 0. The van der Waals surface area contributed by atoms with Crippen LogP contribution in [0.4, 0.5) is 0 Å². The number of nitrogens with zero attached hydrogens (tertiary/aromatic N) is 1. The molecule has 4 heteroatoms. The standard InChI is InChI=1S/C14H24N2O.ClH/c1-14(4-5-15-8-14)9-16-6-10-11(7-16)13-3-2-12(10)17-13;/h10-13,15H,2-9H2,1H3;1H. The number of hydrogen-bond donors (Lipinski definition) is 1. The van der Waals surface area contributed by atoms with Gasteiger partial charge in [0.15, 0.2) is 0 Å². The molecule has 0 spiro atoms. The minimum Gasteiger partial charge on any atom is -0.374 e. The molecule has 0 aromatic rings. The monoisotopic (exact) mass is 272 g/mol. The SMILES string of the molecule is CC1(CN2CC3C4CCC(O4)C3C2)CCNC1.Cl. The average Bonchev–Trinajstić information content (AvgIpc) is 2.98. The van der Waals surface area contributed by atoms with Gasteiger partial charge >= 0.3 is 0 Å². The third-order valence-electron chi connectivity index (χ3n) is 5.59. The van der Waals surface area contributed by atoms with Crippen molar-refractivity contribution < 1.29 is 4.74 Å². The van der Waals surface area contributed by atoms with E-state index in [1.807, 2.05) is 0 Å². The van der Waals surface area contributed by atoms with E-state index in [9.17, 15) is 0 Å².